The highest BCUT2D eigenvalue weighted by Crippen LogP contribution is 2.61. The third-order valence-electron chi connectivity index (χ3n) is 7.70. The van der Waals surface area contributed by atoms with E-state index in [9.17, 15) is 9.59 Å². The lowest BCUT2D eigenvalue weighted by molar-refractivity contribution is -0.128. The van der Waals surface area contributed by atoms with Crippen molar-refractivity contribution in [3.8, 4) is 0 Å². The van der Waals surface area contributed by atoms with E-state index in [0.29, 0.717) is 28.7 Å². The summed E-state index contributed by atoms with van der Waals surface area (Å²) < 4.78 is 0. The van der Waals surface area contributed by atoms with E-state index < -0.39 is 5.97 Å². The number of hydrogen-bond acceptors (Lipinski definition) is 4. The molecule has 2 heterocycles. The van der Waals surface area contributed by atoms with Gasteiger partial charge in [0.15, 0.2) is 0 Å². The number of nitrogens with zero attached hydrogens (tertiary/aromatic N) is 2. The lowest BCUT2D eigenvalue weighted by Crippen LogP contribution is -2.55. The Balaban J connectivity index is 1.35. The Morgan fingerprint density at radius 2 is 2.14 bits per heavy atom. The van der Waals surface area contributed by atoms with Gasteiger partial charge >= 0.3 is 5.97 Å². The average molecular weight is 420 g/mol. The number of carboxylic acids is 1. The van der Waals surface area contributed by atoms with Crippen molar-refractivity contribution >= 4 is 29.3 Å². The van der Waals surface area contributed by atoms with Gasteiger partial charge in [-0.25, -0.2) is 9.78 Å². The topological polar surface area (TPSA) is 82.5 Å². The fraction of sp³-hybridized carbons (Fsp3) is 0.682. The van der Waals surface area contributed by atoms with Crippen molar-refractivity contribution in [3.05, 3.63) is 22.8 Å². The van der Waals surface area contributed by atoms with Crippen molar-refractivity contribution in [2.45, 2.75) is 46.0 Å². The number of nitrogens with one attached hydrogen (secondary N) is 1. The zero-order valence-electron chi connectivity index (χ0n) is 17.2. The molecule has 4 atom stereocenters. The van der Waals surface area contributed by atoms with Crippen LogP contribution in [0.2, 0.25) is 5.02 Å². The van der Waals surface area contributed by atoms with Gasteiger partial charge in [-0.1, -0.05) is 25.4 Å². The number of pyridine rings is 1. The number of anilines is 1. The fourth-order valence-corrected chi connectivity index (χ4v) is 6.03. The molecule has 4 fully saturated rings. The van der Waals surface area contributed by atoms with Crippen LogP contribution in [-0.2, 0) is 4.79 Å². The lowest BCUT2D eigenvalue weighted by atomic mass is 9.45. The molecule has 5 rings (SSSR count). The number of hydrogen-bond donors (Lipinski definition) is 2. The highest BCUT2D eigenvalue weighted by Gasteiger charge is 2.54. The van der Waals surface area contributed by atoms with E-state index in [0.717, 1.165) is 37.8 Å². The Kier molecular flexibility index (Phi) is 5.49. The predicted molar refractivity (Wildman–Crippen MR) is 112 cm³/mol. The van der Waals surface area contributed by atoms with Gasteiger partial charge in [-0.05, 0) is 61.3 Å². The number of carbonyl (C=O) groups excluding carboxylic acids is 1. The Bertz CT molecular complexity index is 810. The van der Waals surface area contributed by atoms with Crippen LogP contribution in [0, 0.1) is 29.1 Å². The molecule has 1 amide bonds. The second-order valence-electron chi connectivity index (χ2n) is 9.56. The normalized spacial score (nSPS) is 30.4. The Labute approximate surface area is 177 Å². The second kappa shape index (κ2) is 7.78. The number of halogens is 1. The van der Waals surface area contributed by atoms with Crippen molar-refractivity contribution in [3.63, 3.8) is 0 Å². The summed E-state index contributed by atoms with van der Waals surface area (Å²) in [5.41, 5.74) is 0.499. The van der Waals surface area contributed by atoms with E-state index in [1.165, 1.54) is 31.5 Å². The van der Waals surface area contributed by atoms with Crippen LogP contribution in [0.3, 0.4) is 0 Å². The summed E-state index contributed by atoms with van der Waals surface area (Å²) in [6.07, 6.45) is 6.90. The summed E-state index contributed by atoms with van der Waals surface area (Å²) in [6.45, 7) is 6.87. The van der Waals surface area contributed by atoms with Crippen molar-refractivity contribution in [2.75, 3.05) is 24.5 Å². The average Bonchev–Trinajstić information content (AvgIpc) is 2.71. The van der Waals surface area contributed by atoms with Crippen LogP contribution in [0.1, 0.15) is 56.3 Å². The number of amides is 1. The van der Waals surface area contributed by atoms with Gasteiger partial charge in [-0.15, -0.1) is 0 Å². The van der Waals surface area contributed by atoms with E-state index in [1.807, 2.05) is 4.90 Å². The summed E-state index contributed by atoms with van der Waals surface area (Å²) in [4.78, 5) is 30.2. The summed E-state index contributed by atoms with van der Waals surface area (Å²) in [5.74, 6) is 1.74. The number of aromatic carboxylic acids is 1. The van der Waals surface area contributed by atoms with E-state index in [-0.39, 0.29) is 17.4 Å². The maximum Gasteiger partial charge on any atom is 0.337 e. The molecule has 0 radical (unpaired) electrons. The van der Waals surface area contributed by atoms with Gasteiger partial charge in [0.05, 0.1) is 16.5 Å². The number of carbonyl (C=O) groups is 2. The van der Waals surface area contributed by atoms with E-state index in [2.05, 4.69) is 24.1 Å². The minimum absolute atomic E-state index is 0.0682. The minimum Gasteiger partial charge on any atom is -0.478 e. The first-order valence-corrected chi connectivity index (χ1v) is 11.1. The number of fused-ring (bicyclic) bond motifs is 2. The van der Waals surface area contributed by atoms with E-state index >= 15 is 0 Å². The molecule has 0 aromatic carbocycles. The highest BCUT2D eigenvalue weighted by molar-refractivity contribution is 6.33. The molecule has 158 valence electrons. The fourth-order valence-electron chi connectivity index (χ4n) is 5.75. The van der Waals surface area contributed by atoms with E-state index in [4.69, 9.17) is 16.7 Å². The molecule has 2 bridgehead atoms. The maximum atomic E-state index is 12.9. The van der Waals surface area contributed by atoms with Crippen LogP contribution in [0.15, 0.2) is 12.3 Å². The minimum atomic E-state index is -1.05. The largest absolute Gasteiger partial charge is 0.478 e. The smallest absolute Gasteiger partial charge is 0.337 e. The van der Waals surface area contributed by atoms with Gasteiger partial charge in [0.2, 0.25) is 5.91 Å². The molecule has 3 saturated carbocycles. The zero-order chi connectivity index (χ0) is 20.8. The van der Waals surface area contributed by atoms with Crippen molar-refractivity contribution in [1.29, 1.82) is 0 Å². The molecule has 4 aliphatic rings. The Hall–Kier alpha value is -1.82. The van der Waals surface area contributed by atoms with Crippen molar-refractivity contribution in [1.82, 2.24) is 10.3 Å². The quantitative estimate of drug-likeness (QED) is 0.757. The molecule has 2 N–H and O–H groups in total. The first-order valence-electron chi connectivity index (χ1n) is 10.7. The molecule has 0 unspecified atom stereocenters. The van der Waals surface area contributed by atoms with Crippen LogP contribution in [0.25, 0.3) is 0 Å². The third kappa shape index (κ3) is 3.83. The first-order chi connectivity index (χ1) is 13.8. The molecule has 1 aliphatic heterocycles. The number of aromatic nitrogens is 1. The van der Waals surface area contributed by atoms with Crippen molar-refractivity contribution in [2.24, 2.45) is 29.1 Å². The monoisotopic (exact) mass is 419 g/mol. The molecule has 7 heteroatoms. The molecule has 3 aliphatic carbocycles. The molecular weight excluding hydrogens is 390 g/mol. The lowest BCUT2D eigenvalue weighted by Gasteiger charge is -2.60. The SMILES string of the molecule is CC1(C)[C@@H]2CC[C@@H](CNC(=O)[C@@H]3CCCN(c4ncc(C(=O)O)cc4Cl)C3)[C@@H]1C2. The van der Waals surface area contributed by atoms with Gasteiger partial charge in [-0.2, -0.15) is 0 Å². The van der Waals surface area contributed by atoms with Crippen LogP contribution in [-0.4, -0.2) is 41.6 Å². The van der Waals surface area contributed by atoms with Gasteiger partial charge < -0.3 is 15.3 Å². The molecular formula is C22H30ClN3O3. The number of carboxylic acid groups (broad SMARTS) is 1. The number of rotatable bonds is 5. The van der Waals surface area contributed by atoms with Crippen LogP contribution < -0.4 is 10.2 Å². The van der Waals surface area contributed by atoms with Gasteiger partial charge in [0, 0.05) is 25.8 Å². The van der Waals surface area contributed by atoms with Crippen molar-refractivity contribution < 1.29 is 14.7 Å². The highest BCUT2D eigenvalue weighted by atomic mass is 35.5. The molecule has 29 heavy (non-hydrogen) atoms. The Morgan fingerprint density at radius 1 is 1.34 bits per heavy atom. The van der Waals surface area contributed by atoms with Crippen LogP contribution in [0.4, 0.5) is 5.82 Å². The molecule has 1 aromatic heterocycles. The van der Waals surface area contributed by atoms with Gasteiger partial charge in [-0.3, -0.25) is 4.79 Å². The summed E-state index contributed by atoms with van der Waals surface area (Å²) >= 11 is 6.28. The third-order valence-corrected chi connectivity index (χ3v) is 7.98. The van der Waals surface area contributed by atoms with Crippen LogP contribution >= 0.6 is 11.6 Å². The second-order valence-corrected chi connectivity index (χ2v) is 9.97. The molecule has 1 aromatic rings. The maximum absolute atomic E-state index is 12.9. The Morgan fingerprint density at radius 3 is 2.79 bits per heavy atom. The molecule has 0 spiro atoms. The van der Waals surface area contributed by atoms with Gasteiger partial charge in [0.25, 0.3) is 0 Å². The standard InChI is InChI=1S/C22H30ClN3O3/c1-22(2)16-6-5-13(17(22)9-16)10-25-20(27)14-4-3-7-26(12-14)19-18(23)8-15(11-24-19)21(28)29/h8,11,13-14,16-17H,3-7,9-10,12H2,1-2H3,(H,25,27)(H,28,29)/t13-,14+,16+,17-/m0/s1. The van der Waals surface area contributed by atoms with E-state index in [1.54, 1.807) is 0 Å². The predicted octanol–water partition coefficient (Wildman–Crippen LogP) is 3.84. The summed E-state index contributed by atoms with van der Waals surface area (Å²) in [5, 5.41) is 12.6. The summed E-state index contributed by atoms with van der Waals surface area (Å²) in [7, 11) is 0. The molecule has 1 saturated heterocycles. The summed E-state index contributed by atoms with van der Waals surface area (Å²) in [6, 6.07) is 1.42. The van der Waals surface area contributed by atoms with Gasteiger partial charge in [0.1, 0.15) is 5.82 Å². The zero-order valence-corrected chi connectivity index (χ0v) is 17.9. The first kappa shape index (κ1) is 20.5. The molecule has 6 nitrogen and oxygen atoms in total. The number of piperidine rings is 1. The van der Waals surface area contributed by atoms with Crippen LogP contribution in [0.5, 0.6) is 0 Å².